The highest BCUT2D eigenvalue weighted by atomic mass is 16.5. The Kier molecular flexibility index (Phi) is 5.79. The second-order valence-corrected chi connectivity index (χ2v) is 3.99. The Balaban J connectivity index is 2.91. The van der Waals surface area contributed by atoms with Crippen LogP contribution in [0.1, 0.15) is 26.7 Å². The van der Waals surface area contributed by atoms with Crippen molar-refractivity contribution in [2.75, 3.05) is 12.4 Å². The highest BCUT2D eigenvalue weighted by Gasteiger charge is 2.14. The van der Waals surface area contributed by atoms with E-state index >= 15 is 0 Å². The molecule has 0 bridgehead atoms. The van der Waals surface area contributed by atoms with Crippen molar-refractivity contribution in [2.45, 2.75) is 26.7 Å². The minimum atomic E-state index is -0.151. The molecule has 4 heteroatoms. The second kappa shape index (κ2) is 7.36. The largest absolute Gasteiger partial charge is 0.497 e. The van der Waals surface area contributed by atoms with Crippen LogP contribution in [0.15, 0.2) is 36.0 Å². The molecule has 0 unspecified atom stereocenters. The molecule has 4 nitrogen and oxygen atoms in total. The Morgan fingerprint density at radius 1 is 1.21 bits per heavy atom. The summed E-state index contributed by atoms with van der Waals surface area (Å²) in [4.78, 5) is 23.4. The fraction of sp³-hybridized carbons (Fsp3) is 0.333. The van der Waals surface area contributed by atoms with Crippen LogP contribution in [0.3, 0.4) is 0 Å². The number of nitrogens with one attached hydrogen (secondary N) is 1. The van der Waals surface area contributed by atoms with Crippen molar-refractivity contribution < 1.29 is 14.3 Å². The molecule has 0 radical (unpaired) electrons. The molecule has 1 N–H and O–H groups in total. The van der Waals surface area contributed by atoms with Gasteiger partial charge in [0, 0.05) is 30.8 Å². The lowest BCUT2D eigenvalue weighted by Gasteiger charge is -2.06. The first-order valence-corrected chi connectivity index (χ1v) is 6.29. The topological polar surface area (TPSA) is 55.4 Å². The van der Waals surface area contributed by atoms with E-state index in [1.165, 1.54) is 6.20 Å². The van der Waals surface area contributed by atoms with Gasteiger partial charge in [0.15, 0.2) is 11.6 Å². The number of hydrogen-bond acceptors (Lipinski definition) is 4. The fourth-order valence-electron chi connectivity index (χ4n) is 1.57. The Hall–Kier alpha value is -2.10. The zero-order valence-corrected chi connectivity index (χ0v) is 11.5. The monoisotopic (exact) mass is 261 g/mol. The Morgan fingerprint density at radius 2 is 1.84 bits per heavy atom. The van der Waals surface area contributed by atoms with Crippen LogP contribution in [0.2, 0.25) is 0 Å². The van der Waals surface area contributed by atoms with Crippen molar-refractivity contribution in [1.29, 1.82) is 0 Å². The first kappa shape index (κ1) is 15.0. The third-order valence-corrected chi connectivity index (χ3v) is 2.70. The highest BCUT2D eigenvalue weighted by molar-refractivity contribution is 6.20. The summed E-state index contributed by atoms with van der Waals surface area (Å²) in [6.45, 7) is 3.48. The van der Waals surface area contributed by atoms with Gasteiger partial charge >= 0.3 is 0 Å². The van der Waals surface area contributed by atoms with Crippen LogP contribution in [0.25, 0.3) is 0 Å². The maximum absolute atomic E-state index is 11.7. The number of hydrogen-bond donors (Lipinski definition) is 1. The number of Topliss-reactive ketones (excluding diaryl/α,β-unsaturated/α-hetero) is 2. The normalized spacial score (nSPS) is 9.63. The number of benzene rings is 1. The quantitative estimate of drug-likeness (QED) is 0.466. The van der Waals surface area contributed by atoms with E-state index in [-0.39, 0.29) is 17.1 Å². The zero-order valence-electron chi connectivity index (χ0n) is 11.5. The van der Waals surface area contributed by atoms with Crippen LogP contribution in [0.4, 0.5) is 5.69 Å². The summed E-state index contributed by atoms with van der Waals surface area (Å²) in [6.07, 6.45) is 2.11. The Labute approximate surface area is 113 Å². The molecule has 1 rings (SSSR count). The van der Waals surface area contributed by atoms with Gasteiger partial charge in [-0.25, -0.2) is 0 Å². The van der Waals surface area contributed by atoms with Gasteiger partial charge in [-0.15, -0.1) is 0 Å². The summed E-state index contributed by atoms with van der Waals surface area (Å²) in [5.41, 5.74) is 0.984. The predicted octanol–water partition coefficient (Wildman–Crippen LogP) is 2.95. The molecule has 0 fully saturated rings. The molecule has 0 spiro atoms. The second-order valence-electron chi connectivity index (χ2n) is 3.99. The molecule has 0 aliphatic heterocycles. The Bertz CT molecular complexity index is 474. The van der Waals surface area contributed by atoms with Gasteiger partial charge in [0.2, 0.25) is 0 Å². The number of carbonyl (C=O) groups excluding carboxylic acids is 2. The van der Waals surface area contributed by atoms with Crippen molar-refractivity contribution in [3.05, 3.63) is 36.0 Å². The summed E-state index contributed by atoms with van der Waals surface area (Å²) in [6, 6.07) is 7.28. The molecule has 0 aromatic heterocycles. The molecule has 19 heavy (non-hydrogen) atoms. The van der Waals surface area contributed by atoms with Gasteiger partial charge in [-0.3, -0.25) is 9.59 Å². The minimum absolute atomic E-state index is 0.151. The van der Waals surface area contributed by atoms with E-state index in [1.807, 2.05) is 18.2 Å². The fourth-order valence-corrected chi connectivity index (χ4v) is 1.57. The van der Waals surface area contributed by atoms with Crippen LogP contribution in [0, 0.1) is 0 Å². The van der Waals surface area contributed by atoms with Gasteiger partial charge in [-0.2, -0.15) is 0 Å². The smallest absolute Gasteiger partial charge is 0.167 e. The molecule has 0 saturated carbocycles. The first-order chi connectivity index (χ1) is 9.12. The molecule has 1 aromatic carbocycles. The highest BCUT2D eigenvalue weighted by Crippen LogP contribution is 2.17. The van der Waals surface area contributed by atoms with Crippen molar-refractivity contribution in [3.8, 4) is 5.75 Å². The van der Waals surface area contributed by atoms with Crippen molar-refractivity contribution in [3.63, 3.8) is 0 Å². The number of rotatable bonds is 7. The van der Waals surface area contributed by atoms with Gasteiger partial charge in [0.1, 0.15) is 5.75 Å². The lowest BCUT2D eigenvalue weighted by Crippen LogP contribution is -2.12. The lowest BCUT2D eigenvalue weighted by molar-refractivity contribution is -0.121. The van der Waals surface area contributed by atoms with E-state index in [9.17, 15) is 9.59 Å². The number of carbonyl (C=O) groups is 2. The SMILES string of the molecule is CCC(=O)C(=CNc1cccc(OC)c1)C(=O)CC. The minimum Gasteiger partial charge on any atom is -0.497 e. The molecule has 102 valence electrons. The van der Waals surface area contributed by atoms with Crippen molar-refractivity contribution in [2.24, 2.45) is 0 Å². The first-order valence-electron chi connectivity index (χ1n) is 6.29. The number of anilines is 1. The third-order valence-electron chi connectivity index (χ3n) is 2.70. The van der Waals surface area contributed by atoms with Crippen LogP contribution >= 0.6 is 0 Å². The van der Waals surface area contributed by atoms with Gasteiger partial charge < -0.3 is 10.1 Å². The molecule has 1 aromatic rings. The van der Waals surface area contributed by atoms with E-state index in [2.05, 4.69) is 5.32 Å². The number of methoxy groups -OCH3 is 1. The van der Waals surface area contributed by atoms with Crippen LogP contribution in [-0.2, 0) is 9.59 Å². The number of ether oxygens (including phenoxy) is 1. The molecule has 0 amide bonds. The molecule has 0 aliphatic carbocycles. The third kappa shape index (κ3) is 4.25. The van der Waals surface area contributed by atoms with Crippen molar-refractivity contribution >= 4 is 17.3 Å². The zero-order chi connectivity index (χ0) is 14.3. The van der Waals surface area contributed by atoms with Crippen LogP contribution in [-0.4, -0.2) is 18.7 Å². The standard InChI is InChI=1S/C15H19NO3/c1-4-14(17)13(15(18)5-2)10-16-11-7-6-8-12(9-11)19-3/h6-10,16H,4-5H2,1-3H3. The predicted molar refractivity (Wildman–Crippen MR) is 75.3 cm³/mol. The van der Waals surface area contributed by atoms with E-state index in [4.69, 9.17) is 4.74 Å². The van der Waals surface area contributed by atoms with E-state index in [1.54, 1.807) is 27.0 Å². The molecule has 0 aliphatic rings. The average Bonchev–Trinajstić information content (AvgIpc) is 2.46. The molecular formula is C15H19NO3. The summed E-state index contributed by atoms with van der Waals surface area (Å²) in [7, 11) is 1.58. The maximum atomic E-state index is 11.7. The molecule has 0 saturated heterocycles. The Morgan fingerprint density at radius 3 is 2.37 bits per heavy atom. The van der Waals surface area contributed by atoms with Gasteiger partial charge in [-0.1, -0.05) is 19.9 Å². The molecule has 0 atom stereocenters. The number of allylic oxidation sites excluding steroid dienone is 1. The molecular weight excluding hydrogens is 242 g/mol. The van der Waals surface area contributed by atoms with E-state index < -0.39 is 0 Å². The average molecular weight is 261 g/mol. The summed E-state index contributed by atoms with van der Waals surface area (Å²) in [5, 5.41) is 2.97. The number of ketones is 2. The lowest BCUT2D eigenvalue weighted by atomic mass is 10.0. The van der Waals surface area contributed by atoms with Crippen LogP contribution < -0.4 is 10.1 Å². The summed E-state index contributed by atoms with van der Waals surface area (Å²) < 4.78 is 5.10. The van der Waals surface area contributed by atoms with Crippen LogP contribution in [0.5, 0.6) is 5.75 Å². The van der Waals surface area contributed by atoms with E-state index in [0.29, 0.717) is 18.6 Å². The maximum Gasteiger partial charge on any atom is 0.167 e. The summed E-state index contributed by atoms with van der Waals surface area (Å²) >= 11 is 0. The summed E-state index contributed by atoms with van der Waals surface area (Å²) in [5.74, 6) is 0.410. The van der Waals surface area contributed by atoms with Crippen molar-refractivity contribution in [1.82, 2.24) is 0 Å². The van der Waals surface area contributed by atoms with E-state index in [0.717, 1.165) is 5.69 Å². The van der Waals surface area contributed by atoms with Gasteiger partial charge in [-0.05, 0) is 12.1 Å². The van der Waals surface area contributed by atoms with Gasteiger partial charge in [0.25, 0.3) is 0 Å². The van der Waals surface area contributed by atoms with Gasteiger partial charge in [0.05, 0.1) is 12.7 Å². The molecule has 0 heterocycles.